The van der Waals surface area contributed by atoms with E-state index in [0.29, 0.717) is 6.42 Å². The summed E-state index contributed by atoms with van der Waals surface area (Å²) in [7, 11) is 0. The Balaban J connectivity index is 2.48. The third-order valence-corrected chi connectivity index (χ3v) is 3.75. The number of aromatic nitrogens is 1. The molecule has 2 rings (SSSR count). The van der Waals surface area contributed by atoms with E-state index in [9.17, 15) is 14.0 Å². The van der Waals surface area contributed by atoms with Gasteiger partial charge in [-0.15, -0.1) is 0 Å². The van der Waals surface area contributed by atoms with Crippen LogP contribution in [0.1, 0.15) is 51.4 Å². The van der Waals surface area contributed by atoms with Crippen molar-refractivity contribution in [3.05, 3.63) is 63.7 Å². The molecule has 2 aromatic rings. The van der Waals surface area contributed by atoms with E-state index in [1.54, 1.807) is 6.92 Å². The van der Waals surface area contributed by atoms with E-state index < -0.39 is 23.6 Å². The second-order valence-corrected chi connectivity index (χ2v) is 5.31. The molecular weight excluding hydrogens is 323 g/mol. The van der Waals surface area contributed by atoms with Gasteiger partial charge in [-0.25, -0.2) is 14.2 Å². The molecule has 0 aliphatic rings. The Labute approximate surface area is 136 Å². The SMILES string of the molecule is CC[C@@H](N)c1ccc(Cl)c(C(=O)c2ccc(C(=O)O)nc2)c1F. The molecule has 0 bridgehead atoms. The lowest BCUT2D eigenvalue weighted by atomic mass is 9.97. The average Bonchev–Trinajstić information content (AvgIpc) is 2.54. The summed E-state index contributed by atoms with van der Waals surface area (Å²) in [6, 6.07) is 4.76. The average molecular weight is 337 g/mol. The minimum absolute atomic E-state index is 0.0398. The Bertz CT molecular complexity index is 763. The smallest absolute Gasteiger partial charge is 0.354 e. The normalized spacial score (nSPS) is 12.0. The first-order chi connectivity index (χ1) is 10.9. The number of aromatic carboxylic acids is 1. The van der Waals surface area contributed by atoms with E-state index in [-0.39, 0.29) is 27.4 Å². The van der Waals surface area contributed by atoms with Gasteiger partial charge < -0.3 is 10.8 Å². The van der Waals surface area contributed by atoms with Crippen LogP contribution in [0.5, 0.6) is 0 Å². The number of nitrogens with two attached hydrogens (primary N) is 1. The van der Waals surface area contributed by atoms with Gasteiger partial charge in [-0.2, -0.15) is 0 Å². The molecule has 0 radical (unpaired) electrons. The zero-order chi connectivity index (χ0) is 17.1. The van der Waals surface area contributed by atoms with Gasteiger partial charge in [0.1, 0.15) is 11.5 Å². The van der Waals surface area contributed by atoms with Crippen LogP contribution in [-0.2, 0) is 0 Å². The second kappa shape index (κ2) is 6.85. The van der Waals surface area contributed by atoms with Crippen molar-refractivity contribution in [1.82, 2.24) is 4.98 Å². The number of rotatable bonds is 5. The number of carboxylic acid groups (broad SMARTS) is 1. The van der Waals surface area contributed by atoms with Crippen LogP contribution in [0.3, 0.4) is 0 Å². The largest absolute Gasteiger partial charge is 0.477 e. The molecule has 1 heterocycles. The summed E-state index contributed by atoms with van der Waals surface area (Å²) in [4.78, 5) is 26.9. The third-order valence-electron chi connectivity index (χ3n) is 3.43. The van der Waals surface area contributed by atoms with Gasteiger partial charge in [-0.3, -0.25) is 4.79 Å². The monoisotopic (exact) mass is 336 g/mol. The van der Waals surface area contributed by atoms with Crippen LogP contribution in [0.4, 0.5) is 4.39 Å². The van der Waals surface area contributed by atoms with Crippen LogP contribution in [0.25, 0.3) is 0 Å². The molecule has 0 spiro atoms. The van der Waals surface area contributed by atoms with E-state index in [2.05, 4.69) is 4.98 Å². The molecule has 1 atom stereocenters. The molecule has 120 valence electrons. The number of carboxylic acids is 1. The summed E-state index contributed by atoms with van der Waals surface area (Å²) in [6.07, 6.45) is 1.58. The first-order valence-electron chi connectivity index (χ1n) is 6.84. The van der Waals surface area contributed by atoms with E-state index in [0.717, 1.165) is 6.20 Å². The quantitative estimate of drug-likeness (QED) is 0.818. The van der Waals surface area contributed by atoms with Gasteiger partial charge in [-0.1, -0.05) is 24.6 Å². The highest BCUT2D eigenvalue weighted by molar-refractivity contribution is 6.35. The number of ketones is 1. The van der Waals surface area contributed by atoms with E-state index in [1.165, 1.54) is 24.3 Å². The van der Waals surface area contributed by atoms with Crippen molar-refractivity contribution >= 4 is 23.4 Å². The summed E-state index contributed by atoms with van der Waals surface area (Å²) in [5.41, 5.74) is 5.57. The fourth-order valence-corrected chi connectivity index (χ4v) is 2.31. The van der Waals surface area contributed by atoms with Gasteiger partial charge in [-0.05, 0) is 24.6 Å². The number of hydrogen-bond donors (Lipinski definition) is 2. The Morgan fingerprint density at radius 2 is 2.04 bits per heavy atom. The van der Waals surface area contributed by atoms with Crippen LogP contribution < -0.4 is 5.73 Å². The number of benzene rings is 1. The van der Waals surface area contributed by atoms with Crippen molar-refractivity contribution < 1.29 is 19.1 Å². The van der Waals surface area contributed by atoms with Gasteiger partial charge in [0.25, 0.3) is 0 Å². The maximum Gasteiger partial charge on any atom is 0.354 e. The molecule has 0 fully saturated rings. The first kappa shape index (κ1) is 17.1. The molecule has 3 N–H and O–H groups in total. The fourth-order valence-electron chi connectivity index (χ4n) is 2.08. The Morgan fingerprint density at radius 1 is 1.35 bits per heavy atom. The summed E-state index contributed by atoms with van der Waals surface area (Å²) < 4.78 is 14.6. The zero-order valence-electron chi connectivity index (χ0n) is 12.2. The molecule has 23 heavy (non-hydrogen) atoms. The van der Waals surface area contributed by atoms with Gasteiger partial charge in [0.05, 0.1) is 10.6 Å². The predicted molar refractivity (Wildman–Crippen MR) is 83.3 cm³/mol. The molecular formula is C16H14ClFN2O3. The van der Waals surface area contributed by atoms with Crippen molar-refractivity contribution in [1.29, 1.82) is 0 Å². The molecule has 0 aliphatic heterocycles. The highest BCUT2D eigenvalue weighted by atomic mass is 35.5. The van der Waals surface area contributed by atoms with Crippen LogP contribution in [-0.4, -0.2) is 21.8 Å². The predicted octanol–water partition coefficient (Wildman–Crippen LogP) is 3.21. The zero-order valence-corrected chi connectivity index (χ0v) is 13.0. The number of carbonyl (C=O) groups excluding carboxylic acids is 1. The van der Waals surface area contributed by atoms with Gasteiger partial charge in [0, 0.05) is 23.4 Å². The molecule has 0 amide bonds. The Kier molecular flexibility index (Phi) is 5.08. The molecule has 0 aliphatic carbocycles. The van der Waals surface area contributed by atoms with E-state index in [4.69, 9.17) is 22.4 Å². The minimum atomic E-state index is -1.22. The molecule has 5 nitrogen and oxygen atoms in total. The van der Waals surface area contributed by atoms with Crippen LogP contribution in [0.15, 0.2) is 30.5 Å². The number of hydrogen-bond acceptors (Lipinski definition) is 4. The van der Waals surface area contributed by atoms with Crippen LogP contribution in [0.2, 0.25) is 5.02 Å². The van der Waals surface area contributed by atoms with Crippen LogP contribution in [0, 0.1) is 5.82 Å². The number of nitrogens with zero attached hydrogens (tertiary/aromatic N) is 1. The summed E-state index contributed by atoms with van der Waals surface area (Å²) in [6.45, 7) is 1.80. The summed E-state index contributed by atoms with van der Waals surface area (Å²) >= 11 is 5.96. The lowest BCUT2D eigenvalue weighted by Crippen LogP contribution is -2.15. The molecule has 0 saturated heterocycles. The maximum absolute atomic E-state index is 14.6. The van der Waals surface area contributed by atoms with Crippen molar-refractivity contribution in [3.8, 4) is 0 Å². The van der Waals surface area contributed by atoms with Gasteiger partial charge in [0.15, 0.2) is 5.78 Å². The summed E-state index contributed by atoms with van der Waals surface area (Å²) in [5.74, 6) is -2.66. The molecule has 1 aromatic carbocycles. The van der Waals surface area contributed by atoms with E-state index in [1.807, 2.05) is 0 Å². The third kappa shape index (κ3) is 3.38. The topological polar surface area (TPSA) is 93.3 Å². The molecule has 7 heteroatoms. The first-order valence-corrected chi connectivity index (χ1v) is 7.22. The highest BCUT2D eigenvalue weighted by Gasteiger charge is 2.23. The lowest BCUT2D eigenvalue weighted by molar-refractivity contribution is 0.0690. The minimum Gasteiger partial charge on any atom is -0.477 e. The Morgan fingerprint density at radius 3 is 2.57 bits per heavy atom. The van der Waals surface area contributed by atoms with E-state index >= 15 is 0 Å². The molecule has 1 aromatic heterocycles. The number of carbonyl (C=O) groups is 2. The maximum atomic E-state index is 14.6. The highest BCUT2D eigenvalue weighted by Crippen LogP contribution is 2.28. The van der Waals surface area contributed by atoms with Crippen molar-refractivity contribution in [2.75, 3.05) is 0 Å². The van der Waals surface area contributed by atoms with Crippen molar-refractivity contribution in [3.63, 3.8) is 0 Å². The Hall–Kier alpha value is -2.31. The number of pyridine rings is 1. The fraction of sp³-hybridized carbons (Fsp3) is 0.188. The molecule has 0 saturated carbocycles. The van der Waals surface area contributed by atoms with Gasteiger partial charge in [0.2, 0.25) is 0 Å². The van der Waals surface area contributed by atoms with Gasteiger partial charge >= 0.3 is 5.97 Å². The van der Waals surface area contributed by atoms with Crippen LogP contribution >= 0.6 is 11.6 Å². The second-order valence-electron chi connectivity index (χ2n) is 4.91. The lowest BCUT2D eigenvalue weighted by Gasteiger charge is -2.14. The summed E-state index contributed by atoms with van der Waals surface area (Å²) in [5, 5.41) is 8.76. The molecule has 0 unspecified atom stereocenters. The van der Waals surface area contributed by atoms with Crippen molar-refractivity contribution in [2.24, 2.45) is 5.73 Å². The standard InChI is InChI=1S/C16H14ClFN2O3/c1-2-11(19)9-4-5-10(17)13(14(9)18)15(21)8-3-6-12(16(22)23)20-7-8/h3-7,11H,2,19H2,1H3,(H,22,23)/t11-/m1/s1. The number of halogens is 2. The van der Waals surface area contributed by atoms with Crippen molar-refractivity contribution in [2.45, 2.75) is 19.4 Å².